The zero-order chi connectivity index (χ0) is 74.0. The monoisotopic (exact) mass is 1350 g/mol. The average molecular weight is 1360 g/mol. The lowest BCUT2D eigenvalue weighted by molar-refractivity contribution is -0.148. The first-order valence-electron chi connectivity index (χ1n) is 35.5. The molecule has 0 spiro atoms. The van der Waals surface area contributed by atoms with Gasteiger partial charge in [0.05, 0.1) is 42.3 Å². The maximum atomic E-state index is 14.9. The normalized spacial score (nSPS) is 25.6. The number of hydrogen-bond donors (Lipinski definition) is 4. The molecular weight excluding hydrogens is 1220 g/mol. The van der Waals surface area contributed by atoms with Gasteiger partial charge < -0.3 is 50.3 Å². The summed E-state index contributed by atoms with van der Waals surface area (Å²) in [6.45, 7) is 32.9. The van der Waals surface area contributed by atoms with Gasteiger partial charge in [-0.05, 0) is 126 Å². The molecule has 0 aromatic heterocycles. The number of aliphatic imine (C=N–C) groups is 1. The summed E-state index contributed by atoms with van der Waals surface area (Å²) >= 11 is 0. The van der Waals surface area contributed by atoms with Crippen molar-refractivity contribution in [2.45, 2.75) is 276 Å². The summed E-state index contributed by atoms with van der Waals surface area (Å²) in [7, 11) is 7.68. The van der Waals surface area contributed by atoms with Crippen molar-refractivity contribution in [3.63, 3.8) is 0 Å². The molecule has 22 heteroatoms. The number of unbranched alkanes of at least 4 members (excludes halogenated alkanes) is 2. The molecular formula is C74H130N8O14. The maximum absolute atomic E-state index is 14.9. The maximum Gasteiger partial charge on any atom is 0.245 e. The van der Waals surface area contributed by atoms with Crippen molar-refractivity contribution in [1.29, 1.82) is 0 Å². The molecule has 0 saturated carbocycles. The first-order chi connectivity index (χ1) is 44.8. The second-order valence-electron chi connectivity index (χ2n) is 29.4. The zero-order valence-corrected chi connectivity index (χ0v) is 63.3. The highest BCUT2D eigenvalue weighted by atomic mass is 16.5. The number of ether oxygens (including phenoxy) is 1. The summed E-state index contributed by atoms with van der Waals surface area (Å²) in [6.07, 6.45) is 7.94. The fourth-order valence-electron chi connectivity index (χ4n) is 12.5. The molecule has 1 aliphatic heterocycles. The van der Waals surface area contributed by atoms with Crippen LogP contribution in [-0.2, 0) is 57.5 Å². The predicted octanol–water partition coefficient (Wildman–Crippen LogP) is 9.95. The third kappa shape index (κ3) is 31.2. The van der Waals surface area contributed by atoms with Gasteiger partial charge in [-0.1, -0.05) is 122 Å². The third-order valence-electron chi connectivity index (χ3n) is 18.3. The average Bonchev–Trinajstić information content (AvgIpc) is 0.833. The van der Waals surface area contributed by atoms with Gasteiger partial charge in [-0.25, -0.2) is 0 Å². The SMILES string of the molecule is C/C=C/C[C@@H](C)[C@@H](O)[C@@H]1CC(=O)[C@H](C(C)C)N(C)C(=O)[C@H](CC(C)C)CC(=O)[C@H](CC(C)C)N(C)C(=O)[C@@H](C)NC(=O)[C@H](C)CC(=O)[C@H](CC(C)C)N(C)C(=O)[C@H](C(C)C)CC(=O)[C@H]([C@@H](C)OCCC/C=N/O)N(C)C(=O)CCC(=O)[C@H](CC)NC1=O.CN=CCCCC(C)C. The number of Topliss-reactive ketones (excluding diaryl/α,β-unsaturated/α-hetero) is 5. The summed E-state index contributed by atoms with van der Waals surface area (Å²) < 4.78 is 6.10. The molecule has 1 fully saturated rings. The molecule has 1 aliphatic rings. The molecule has 0 aromatic rings. The van der Waals surface area contributed by atoms with Crippen LogP contribution < -0.4 is 10.6 Å². The van der Waals surface area contributed by atoms with E-state index in [1.54, 1.807) is 61.5 Å². The Morgan fingerprint density at radius 1 is 0.573 bits per heavy atom. The molecule has 0 aromatic carbocycles. The smallest absolute Gasteiger partial charge is 0.245 e. The molecule has 4 N–H and O–H groups in total. The first kappa shape index (κ1) is 90.0. The second-order valence-corrected chi connectivity index (χ2v) is 29.4. The van der Waals surface area contributed by atoms with Gasteiger partial charge in [0.25, 0.3) is 0 Å². The van der Waals surface area contributed by atoms with Gasteiger partial charge in [0.2, 0.25) is 35.4 Å². The van der Waals surface area contributed by atoms with Gasteiger partial charge in [-0.2, -0.15) is 0 Å². The zero-order valence-electron chi connectivity index (χ0n) is 63.3. The number of allylic oxidation sites excluding steroid dienone is 2. The van der Waals surface area contributed by atoms with E-state index < -0.39 is 167 Å². The predicted molar refractivity (Wildman–Crippen MR) is 379 cm³/mol. The van der Waals surface area contributed by atoms with Gasteiger partial charge in [0.1, 0.15) is 12.1 Å². The van der Waals surface area contributed by atoms with E-state index >= 15 is 0 Å². The van der Waals surface area contributed by atoms with E-state index in [2.05, 4.69) is 34.6 Å². The number of rotatable bonds is 23. The fourth-order valence-corrected chi connectivity index (χ4v) is 12.5. The van der Waals surface area contributed by atoms with Crippen LogP contribution in [0.25, 0.3) is 0 Å². The van der Waals surface area contributed by atoms with Crippen LogP contribution in [0.3, 0.4) is 0 Å². The van der Waals surface area contributed by atoms with E-state index in [1.807, 2.05) is 67.8 Å². The minimum absolute atomic E-state index is 0.0754. The molecule has 1 heterocycles. The molecule has 13 atom stereocenters. The Bertz CT molecular complexity index is 2550. The number of aliphatic hydroxyl groups is 1. The molecule has 6 amide bonds. The van der Waals surface area contributed by atoms with Crippen LogP contribution in [0.15, 0.2) is 22.3 Å². The Labute approximate surface area is 577 Å². The van der Waals surface area contributed by atoms with Crippen molar-refractivity contribution in [2.75, 3.05) is 41.8 Å². The van der Waals surface area contributed by atoms with Crippen molar-refractivity contribution in [2.24, 2.45) is 75.2 Å². The van der Waals surface area contributed by atoms with Crippen molar-refractivity contribution < 1.29 is 67.8 Å². The Hall–Kier alpha value is -6.03. The molecule has 0 radical (unpaired) electrons. The van der Waals surface area contributed by atoms with Crippen molar-refractivity contribution in [3.05, 3.63) is 12.2 Å². The second kappa shape index (κ2) is 46.3. The number of nitrogens with zero attached hydrogens (tertiary/aromatic N) is 6. The number of amides is 6. The summed E-state index contributed by atoms with van der Waals surface area (Å²) in [6, 6.07) is -6.74. The third-order valence-corrected chi connectivity index (χ3v) is 18.3. The van der Waals surface area contributed by atoms with Crippen LogP contribution in [0.2, 0.25) is 0 Å². The van der Waals surface area contributed by atoms with E-state index in [0.717, 1.165) is 12.3 Å². The topological polar surface area (TPSA) is 299 Å². The van der Waals surface area contributed by atoms with Crippen molar-refractivity contribution in [3.8, 4) is 0 Å². The first-order valence-corrected chi connectivity index (χ1v) is 35.5. The summed E-state index contributed by atoms with van der Waals surface area (Å²) in [4.78, 5) is 169. The molecule has 22 nitrogen and oxygen atoms in total. The quantitative estimate of drug-likeness (QED) is 0.0243. The Morgan fingerprint density at radius 2 is 1.10 bits per heavy atom. The van der Waals surface area contributed by atoms with E-state index in [4.69, 9.17) is 9.94 Å². The highest BCUT2D eigenvalue weighted by molar-refractivity contribution is 5.99. The summed E-state index contributed by atoms with van der Waals surface area (Å²) in [5.41, 5.74) is 0. The summed E-state index contributed by atoms with van der Waals surface area (Å²) in [5.74, 6) is -11.2. The highest BCUT2D eigenvalue weighted by Gasteiger charge is 2.43. The molecule has 1 rings (SSSR count). The van der Waals surface area contributed by atoms with Crippen LogP contribution in [0.4, 0.5) is 0 Å². The number of carbonyl (C=O) groups excluding carboxylic acids is 11. The van der Waals surface area contributed by atoms with Crippen LogP contribution in [-0.4, -0.2) is 197 Å². The van der Waals surface area contributed by atoms with Gasteiger partial charge in [-0.15, -0.1) is 5.16 Å². The van der Waals surface area contributed by atoms with Gasteiger partial charge in [0, 0.05) is 104 Å². The number of nitrogens with one attached hydrogen (secondary N) is 2. The van der Waals surface area contributed by atoms with Crippen LogP contribution in [0.5, 0.6) is 0 Å². The van der Waals surface area contributed by atoms with Crippen LogP contribution in [0.1, 0.15) is 227 Å². The lowest BCUT2D eigenvalue weighted by Gasteiger charge is -2.36. The van der Waals surface area contributed by atoms with E-state index in [-0.39, 0.29) is 75.7 Å². The number of oxime groups is 1. The number of ketones is 5. The van der Waals surface area contributed by atoms with E-state index in [0.29, 0.717) is 19.3 Å². The number of likely N-dealkylation sites (N-methyl/N-ethyl adjacent to an activating group) is 4. The number of aliphatic hydroxyl groups excluding tert-OH is 1. The van der Waals surface area contributed by atoms with Crippen molar-refractivity contribution in [1.82, 2.24) is 30.2 Å². The fraction of sp³-hybridized carbons (Fsp3) is 0.797. The highest BCUT2D eigenvalue weighted by Crippen LogP contribution is 2.30. The number of carbonyl (C=O) groups is 11. The molecule has 550 valence electrons. The minimum Gasteiger partial charge on any atom is -0.411 e. The molecule has 96 heavy (non-hydrogen) atoms. The van der Waals surface area contributed by atoms with Crippen LogP contribution >= 0.6 is 0 Å². The van der Waals surface area contributed by atoms with Gasteiger partial charge in [0.15, 0.2) is 28.9 Å². The number of hydrogen-bond acceptors (Lipinski definition) is 16. The lowest BCUT2D eigenvalue weighted by atomic mass is 9.82. The van der Waals surface area contributed by atoms with Crippen LogP contribution in [0, 0.1) is 65.1 Å². The van der Waals surface area contributed by atoms with E-state index in [1.165, 1.54) is 73.8 Å². The summed E-state index contributed by atoms with van der Waals surface area (Å²) in [5, 5.41) is 29.4. The van der Waals surface area contributed by atoms with Crippen molar-refractivity contribution >= 4 is 76.8 Å². The molecule has 0 aliphatic carbocycles. The lowest BCUT2D eigenvalue weighted by Crippen LogP contribution is -2.53. The van der Waals surface area contributed by atoms with E-state index in [9.17, 15) is 57.8 Å². The van der Waals surface area contributed by atoms with Gasteiger partial charge in [-0.3, -0.25) is 52.7 Å². The molecule has 1 saturated heterocycles. The molecule has 0 unspecified atom stereocenters. The van der Waals surface area contributed by atoms with Gasteiger partial charge >= 0.3 is 0 Å². The Kier molecular flexibility index (Phi) is 43.4. The standard InChI is InChI=1S/C66H113N7O14.C8H17N/c1-21-23-26-43(13)61(80)49-37-56(77)59(42(11)12)73(20)65(84)47(31-38(3)4)35-55(76)52(33-40(7)8)70(17)64(83)45(15)68-62(81)44(14)34-54(75)51(32-39(5)6)71(18)66(85)48(41(9)10)36-57(78)60(46(16)87-30-25-24-29-67-86)72(19)58(79)28-27-53(74)50(22-2)69-63(49)82;1-8(2)6-4-5-7-9-3/h21,23,29,38-52,59-61,80,86H,22,24-28,30-37H2,1-20H3,(H,68,81)(H,69,82);7-8H,4-6H2,1-3H3/b23-21+,67-29+;/t43-,44-,45-,46-,47-,48+,49+,50+,51+,52+,59+,60+,61-;/m1./s1. The molecule has 0 bridgehead atoms. The Morgan fingerprint density at radius 3 is 1.60 bits per heavy atom. The largest absolute Gasteiger partial charge is 0.411 e. The Balaban J connectivity index is 0.00000927. The minimum atomic E-state index is -1.39.